The molecular formula is C17H31N3O2. The van der Waals surface area contributed by atoms with Gasteiger partial charge in [0.2, 0.25) is 0 Å². The predicted molar refractivity (Wildman–Crippen MR) is 89.2 cm³/mol. The molecule has 1 aliphatic rings. The standard InChI is InChI=1S/C17H31N3O2/c1-5-17(7-8-17)11-19-9-6-15(12(2)3)20-16(22)14(18)10-13(4)21/h10,12,15,19H,5-9,11,18H2,1-4H3,(H,20,22)/b14-10-. The second-order valence-electron chi connectivity index (χ2n) is 6.85. The lowest BCUT2D eigenvalue weighted by Crippen LogP contribution is -2.42. The third-order valence-electron chi connectivity index (χ3n) is 4.58. The molecular weight excluding hydrogens is 278 g/mol. The summed E-state index contributed by atoms with van der Waals surface area (Å²) in [6.07, 6.45) is 5.91. The summed E-state index contributed by atoms with van der Waals surface area (Å²) in [4.78, 5) is 22.9. The van der Waals surface area contributed by atoms with Gasteiger partial charge in [0.1, 0.15) is 5.70 Å². The van der Waals surface area contributed by atoms with E-state index in [-0.39, 0.29) is 23.4 Å². The molecule has 0 heterocycles. The van der Waals surface area contributed by atoms with E-state index in [2.05, 4.69) is 31.4 Å². The average Bonchev–Trinajstić information content (AvgIpc) is 3.21. The van der Waals surface area contributed by atoms with E-state index in [1.165, 1.54) is 32.3 Å². The lowest BCUT2D eigenvalue weighted by Gasteiger charge is -2.23. The van der Waals surface area contributed by atoms with E-state index >= 15 is 0 Å². The van der Waals surface area contributed by atoms with Gasteiger partial charge in [-0.05, 0) is 50.5 Å². The van der Waals surface area contributed by atoms with Crippen molar-refractivity contribution in [1.82, 2.24) is 10.6 Å². The van der Waals surface area contributed by atoms with E-state index in [0.29, 0.717) is 11.3 Å². The average molecular weight is 309 g/mol. The van der Waals surface area contributed by atoms with Crippen LogP contribution in [-0.2, 0) is 9.59 Å². The topological polar surface area (TPSA) is 84.2 Å². The SMILES string of the molecule is CCC1(CNCCC(NC(=O)/C(N)=C/C(C)=O)C(C)C)CC1. The summed E-state index contributed by atoms with van der Waals surface area (Å²) in [5.74, 6) is -0.261. The summed E-state index contributed by atoms with van der Waals surface area (Å²) in [5.41, 5.74) is 6.13. The number of hydrogen-bond acceptors (Lipinski definition) is 4. The molecule has 1 atom stereocenters. The molecule has 0 radical (unpaired) electrons. The predicted octanol–water partition coefficient (Wildman–Crippen LogP) is 1.73. The van der Waals surface area contributed by atoms with Gasteiger partial charge in [-0.2, -0.15) is 0 Å². The van der Waals surface area contributed by atoms with Crippen molar-refractivity contribution in [2.24, 2.45) is 17.1 Å². The molecule has 1 aliphatic carbocycles. The first-order chi connectivity index (χ1) is 10.3. The molecule has 0 aromatic carbocycles. The lowest BCUT2D eigenvalue weighted by molar-refractivity contribution is -0.119. The molecule has 0 aromatic rings. The van der Waals surface area contributed by atoms with Gasteiger partial charge in [0, 0.05) is 18.7 Å². The van der Waals surface area contributed by atoms with Gasteiger partial charge in [0.25, 0.3) is 5.91 Å². The number of nitrogens with two attached hydrogens (primary N) is 1. The zero-order valence-corrected chi connectivity index (χ0v) is 14.4. The number of hydrogen-bond donors (Lipinski definition) is 3. The first kappa shape index (κ1) is 18.7. The van der Waals surface area contributed by atoms with Crippen molar-refractivity contribution < 1.29 is 9.59 Å². The number of allylic oxidation sites excluding steroid dienone is 1. The number of rotatable bonds is 10. The monoisotopic (exact) mass is 309 g/mol. The van der Waals surface area contributed by atoms with Crippen molar-refractivity contribution in [3.8, 4) is 0 Å². The molecule has 0 bridgehead atoms. The Morgan fingerprint density at radius 1 is 1.32 bits per heavy atom. The Morgan fingerprint density at radius 2 is 1.95 bits per heavy atom. The minimum absolute atomic E-state index is 0.0194. The first-order valence-electron chi connectivity index (χ1n) is 8.29. The Bertz CT molecular complexity index is 426. The van der Waals surface area contributed by atoms with Crippen molar-refractivity contribution in [3.63, 3.8) is 0 Å². The van der Waals surface area contributed by atoms with Crippen LogP contribution in [0.15, 0.2) is 11.8 Å². The van der Waals surface area contributed by atoms with Gasteiger partial charge >= 0.3 is 0 Å². The van der Waals surface area contributed by atoms with Crippen molar-refractivity contribution >= 4 is 11.7 Å². The van der Waals surface area contributed by atoms with Gasteiger partial charge in [-0.3, -0.25) is 9.59 Å². The van der Waals surface area contributed by atoms with Crippen LogP contribution in [0, 0.1) is 11.3 Å². The minimum Gasteiger partial charge on any atom is -0.394 e. The third-order valence-corrected chi connectivity index (χ3v) is 4.58. The van der Waals surface area contributed by atoms with Crippen LogP contribution in [0.2, 0.25) is 0 Å². The van der Waals surface area contributed by atoms with E-state index in [1.54, 1.807) is 0 Å². The van der Waals surface area contributed by atoms with E-state index in [0.717, 1.165) is 19.5 Å². The van der Waals surface area contributed by atoms with Crippen LogP contribution in [0.4, 0.5) is 0 Å². The largest absolute Gasteiger partial charge is 0.394 e. The molecule has 5 heteroatoms. The number of amides is 1. The fourth-order valence-corrected chi connectivity index (χ4v) is 2.55. The molecule has 1 saturated carbocycles. The minimum atomic E-state index is -0.360. The third kappa shape index (κ3) is 6.18. The number of nitrogens with one attached hydrogen (secondary N) is 2. The lowest BCUT2D eigenvalue weighted by atomic mass is 10.00. The molecule has 1 unspecified atom stereocenters. The molecule has 0 aliphatic heterocycles. The van der Waals surface area contributed by atoms with Crippen LogP contribution in [0.25, 0.3) is 0 Å². The quantitative estimate of drug-likeness (QED) is 0.424. The number of carbonyl (C=O) groups excluding carboxylic acids is 2. The number of carbonyl (C=O) groups is 2. The normalized spacial score (nSPS) is 18.1. The Hall–Kier alpha value is -1.36. The van der Waals surface area contributed by atoms with Crippen LogP contribution in [0.3, 0.4) is 0 Å². The fourth-order valence-electron chi connectivity index (χ4n) is 2.55. The van der Waals surface area contributed by atoms with Gasteiger partial charge in [0.05, 0.1) is 0 Å². The maximum absolute atomic E-state index is 12.0. The summed E-state index contributed by atoms with van der Waals surface area (Å²) >= 11 is 0. The Labute approximate surface area is 134 Å². The van der Waals surface area contributed by atoms with Crippen molar-refractivity contribution in [2.75, 3.05) is 13.1 Å². The summed E-state index contributed by atoms with van der Waals surface area (Å²) < 4.78 is 0. The van der Waals surface area contributed by atoms with E-state index in [1.807, 2.05) is 0 Å². The molecule has 126 valence electrons. The van der Waals surface area contributed by atoms with E-state index in [4.69, 9.17) is 5.73 Å². The first-order valence-corrected chi connectivity index (χ1v) is 8.29. The molecule has 1 amide bonds. The van der Waals surface area contributed by atoms with Gasteiger partial charge in [-0.25, -0.2) is 0 Å². The van der Waals surface area contributed by atoms with Gasteiger partial charge < -0.3 is 16.4 Å². The molecule has 0 aromatic heterocycles. The van der Waals surface area contributed by atoms with Crippen LogP contribution in [0.5, 0.6) is 0 Å². The zero-order valence-electron chi connectivity index (χ0n) is 14.4. The summed E-state index contributed by atoms with van der Waals surface area (Å²) in [6, 6.07) is 0.0516. The second kappa shape index (κ2) is 8.32. The number of ketones is 1. The fraction of sp³-hybridized carbons (Fsp3) is 0.765. The highest BCUT2D eigenvalue weighted by Gasteiger charge is 2.39. The summed E-state index contributed by atoms with van der Waals surface area (Å²) in [6.45, 7) is 9.71. The summed E-state index contributed by atoms with van der Waals surface area (Å²) in [7, 11) is 0. The van der Waals surface area contributed by atoms with E-state index in [9.17, 15) is 9.59 Å². The smallest absolute Gasteiger partial charge is 0.267 e. The van der Waals surface area contributed by atoms with Crippen LogP contribution < -0.4 is 16.4 Å². The van der Waals surface area contributed by atoms with Crippen molar-refractivity contribution in [2.45, 2.75) is 59.4 Å². The highest BCUT2D eigenvalue weighted by molar-refractivity contribution is 6.00. The Kier molecular flexibility index (Phi) is 7.07. The highest BCUT2D eigenvalue weighted by Crippen LogP contribution is 2.47. The summed E-state index contributed by atoms with van der Waals surface area (Å²) in [5, 5.41) is 6.43. The Balaban J connectivity index is 2.38. The molecule has 1 fully saturated rings. The molecule has 0 spiro atoms. The molecule has 5 nitrogen and oxygen atoms in total. The second-order valence-corrected chi connectivity index (χ2v) is 6.85. The Morgan fingerprint density at radius 3 is 2.41 bits per heavy atom. The van der Waals surface area contributed by atoms with Crippen molar-refractivity contribution in [3.05, 3.63) is 11.8 Å². The van der Waals surface area contributed by atoms with E-state index < -0.39 is 0 Å². The maximum atomic E-state index is 12.0. The molecule has 4 N–H and O–H groups in total. The van der Waals surface area contributed by atoms with Crippen LogP contribution in [-0.4, -0.2) is 30.8 Å². The van der Waals surface area contributed by atoms with Gasteiger partial charge in [-0.1, -0.05) is 20.8 Å². The molecule has 22 heavy (non-hydrogen) atoms. The molecule has 0 saturated heterocycles. The van der Waals surface area contributed by atoms with Crippen LogP contribution in [0.1, 0.15) is 53.4 Å². The molecule has 1 rings (SSSR count). The zero-order chi connectivity index (χ0) is 16.8. The highest BCUT2D eigenvalue weighted by atomic mass is 16.2. The van der Waals surface area contributed by atoms with Gasteiger partial charge in [-0.15, -0.1) is 0 Å². The van der Waals surface area contributed by atoms with Gasteiger partial charge in [0.15, 0.2) is 5.78 Å². The van der Waals surface area contributed by atoms with Crippen LogP contribution >= 0.6 is 0 Å². The van der Waals surface area contributed by atoms with Crippen molar-refractivity contribution in [1.29, 1.82) is 0 Å². The maximum Gasteiger partial charge on any atom is 0.267 e.